The van der Waals surface area contributed by atoms with Crippen LogP contribution in [0.2, 0.25) is 0 Å². The van der Waals surface area contributed by atoms with Gasteiger partial charge in [0, 0.05) is 13.0 Å². The molecule has 4 N–H and O–H groups in total. The molecule has 0 aliphatic carbocycles. The van der Waals surface area contributed by atoms with Gasteiger partial charge in [-0.1, -0.05) is 171 Å². The van der Waals surface area contributed by atoms with Gasteiger partial charge in [0.2, 0.25) is 0 Å². The predicted octanol–water partition coefficient (Wildman–Crippen LogP) is 10.1. The van der Waals surface area contributed by atoms with E-state index in [1.807, 2.05) is 0 Å². The van der Waals surface area contributed by atoms with Crippen LogP contribution in [0.5, 0.6) is 0 Å². The number of hydrogen-bond acceptors (Lipinski definition) is 11. The molecule has 0 amide bonds. The summed E-state index contributed by atoms with van der Waals surface area (Å²) in [5.41, 5.74) is 0. The lowest BCUT2D eigenvalue weighted by Gasteiger charge is -2.41. The molecule has 1 fully saturated rings. The number of carbonyl (C=O) groups is 1. The molecule has 1 rings (SSSR count). The van der Waals surface area contributed by atoms with Crippen LogP contribution in [0.3, 0.4) is 0 Å². The Labute approximate surface area is 369 Å². The highest BCUT2D eigenvalue weighted by atomic mass is 32.3. The Kier molecular flexibility index (Phi) is 36.7. The van der Waals surface area contributed by atoms with Crippen LogP contribution in [0.1, 0.15) is 174 Å². The number of allylic oxidation sites excluding steroid dienone is 10. The molecule has 61 heavy (non-hydrogen) atoms. The van der Waals surface area contributed by atoms with Crippen molar-refractivity contribution >= 4 is 16.4 Å². The summed E-state index contributed by atoms with van der Waals surface area (Å²) >= 11 is 0. The van der Waals surface area contributed by atoms with Crippen LogP contribution in [0.25, 0.3) is 0 Å². The topological polar surface area (TPSA) is 178 Å². The fraction of sp³-hybridized carbons (Fsp3) is 0.771. The largest absolute Gasteiger partial charge is 0.457 e. The van der Waals surface area contributed by atoms with Crippen LogP contribution in [0, 0.1) is 0 Å². The summed E-state index contributed by atoms with van der Waals surface area (Å²) in [5.74, 6) is -0.408. The van der Waals surface area contributed by atoms with Crippen LogP contribution < -0.4 is 0 Å². The number of aliphatic hydroxyl groups is 3. The highest BCUT2D eigenvalue weighted by Gasteiger charge is 2.48. The predicted molar refractivity (Wildman–Crippen MR) is 243 cm³/mol. The fourth-order valence-electron chi connectivity index (χ4n) is 6.88. The SMILES string of the molecule is CC/C=C\C/C=C\C/C=C\C/C=C\C/C=C\CCCCCCCCCCCCOCC(COC1OC(CO)C(O)C(OS(=O)(=O)O)C1O)OC(=O)CCCCCCCCCC. The summed E-state index contributed by atoms with van der Waals surface area (Å²) in [6.07, 6.45) is 40.0. The Balaban J connectivity index is 2.28. The third-order valence-corrected chi connectivity index (χ3v) is 10.9. The lowest BCUT2D eigenvalue weighted by Crippen LogP contribution is -2.60. The summed E-state index contributed by atoms with van der Waals surface area (Å²) < 4.78 is 58.9. The standard InChI is InChI=1S/C48H84O12S/c1-3-5-7-9-11-13-14-15-16-17-18-19-20-21-22-23-24-25-26-27-28-29-30-32-34-36-38-56-40-42(58-44(50)37-35-33-31-12-10-8-6-4-2)41-57-48-46(52)47(60-61(53,54)55)45(51)43(39-49)59-48/h5,7,11,13,15-16,18-19,21-22,42-43,45-49,51-52H,3-4,6,8-10,12,14,17,20,23-41H2,1-2H3,(H,53,54,55)/b7-5-,13-11-,16-15-,19-18-,22-21-. The Morgan fingerprint density at radius 3 is 1.66 bits per heavy atom. The number of rotatable bonds is 40. The van der Waals surface area contributed by atoms with Crippen molar-refractivity contribution in [2.24, 2.45) is 0 Å². The quantitative estimate of drug-likeness (QED) is 0.0198. The smallest absolute Gasteiger partial charge is 0.397 e. The number of hydrogen-bond donors (Lipinski definition) is 4. The zero-order valence-corrected chi connectivity index (χ0v) is 38.5. The van der Waals surface area contributed by atoms with Crippen molar-refractivity contribution < 1.29 is 56.2 Å². The van der Waals surface area contributed by atoms with Crippen LogP contribution in [0.4, 0.5) is 0 Å². The summed E-state index contributed by atoms with van der Waals surface area (Å²) in [5, 5.41) is 30.6. The van der Waals surface area contributed by atoms with E-state index in [0.29, 0.717) is 13.0 Å². The molecule has 0 spiro atoms. The third kappa shape index (κ3) is 33.0. The zero-order chi connectivity index (χ0) is 44.7. The number of carbonyl (C=O) groups excluding carboxylic acids is 1. The van der Waals surface area contributed by atoms with Crippen LogP contribution in [-0.4, -0.2) is 97.5 Å². The van der Waals surface area contributed by atoms with Crippen molar-refractivity contribution in [3.05, 3.63) is 60.8 Å². The molecule has 1 aliphatic heterocycles. The van der Waals surface area contributed by atoms with Gasteiger partial charge in [0.1, 0.15) is 30.5 Å². The second kappa shape index (κ2) is 39.4. The molecule has 0 bridgehead atoms. The lowest BCUT2D eigenvalue weighted by molar-refractivity contribution is -0.301. The van der Waals surface area contributed by atoms with Crippen molar-refractivity contribution in [2.45, 2.75) is 211 Å². The average molecular weight is 885 g/mol. The van der Waals surface area contributed by atoms with E-state index >= 15 is 0 Å². The third-order valence-electron chi connectivity index (χ3n) is 10.4. The molecule has 0 saturated carbocycles. The van der Waals surface area contributed by atoms with Gasteiger partial charge in [-0.25, -0.2) is 4.18 Å². The minimum absolute atomic E-state index is 0.0318. The van der Waals surface area contributed by atoms with E-state index in [2.05, 4.69) is 78.8 Å². The first-order valence-corrected chi connectivity index (χ1v) is 24.9. The summed E-state index contributed by atoms with van der Waals surface area (Å²) in [7, 11) is -5.06. The van der Waals surface area contributed by atoms with Crippen LogP contribution in [-0.2, 0) is 38.3 Å². The Morgan fingerprint density at radius 2 is 1.13 bits per heavy atom. The minimum Gasteiger partial charge on any atom is -0.457 e. The first-order chi connectivity index (χ1) is 29.6. The van der Waals surface area contributed by atoms with Gasteiger partial charge >= 0.3 is 16.4 Å². The normalized spacial score (nSPS) is 20.7. The van der Waals surface area contributed by atoms with Crippen molar-refractivity contribution in [3.8, 4) is 0 Å². The average Bonchev–Trinajstić information content (AvgIpc) is 3.23. The maximum atomic E-state index is 12.7. The van der Waals surface area contributed by atoms with Crippen molar-refractivity contribution in [1.29, 1.82) is 0 Å². The van der Waals surface area contributed by atoms with E-state index in [0.717, 1.165) is 77.0 Å². The first-order valence-electron chi connectivity index (χ1n) is 23.5. The van der Waals surface area contributed by atoms with E-state index in [-0.39, 0.29) is 19.6 Å². The molecule has 1 heterocycles. The van der Waals surface area contributed by atoms with E-state index in [9.17, 15) is 28.5 Å². The van der Waals surface area contributed by atoms with E-state index in [4.69, 9.17) is 23.5 Å². The second-order valence-electron chi connectivity index (χ2n) is 16.0. The molecule has 1 aliphatic rings. The molecule has 12 nitrogen and oxygen atoms in total. The Bertz CT molecular complexity index is 1300. The summed E-state index contributed by atoms with van der Waals surface area (Å²) in [4.78, 5) is 12.7. The first kappa shape index (κ1) is 56.8. The van der Waals surface area contributed by atoms with Gasteiger partial charge in [-0.2, -0.15) is 8.42 Å². The van der Waals surface area contributed by atoms with E-state index in [1.54, 1.807) is 0 Å². The fourth-order valence-corrected chi connectivity index (χ4v) is 7.38. The van der Waals surface area contributed by atoms with Crippen molar-refractivity contribution in [1.82, 2.24) is 0 Å². The molecule has 354 valence electrons. The van der Waals surface area contributed by atoms with Gasteiger partial charge < -0.3 is 34.3 Å². The lowest BCUT2D eigenvalue weighted by atomic mass is 9.99. The van der Waals surface area contributed by atoms with Gasteiger partial charge in [0.05, 0.1) is 19.8 Å². The zero-order valence-electron chi connectivity index (χ0n) is 37.7. The van der Waals surface area contributed by atoms with Gasteiger partial charge in [0.25, 0.3) is 0 Å². The van der Waals surface area contributed by atoms with Gasteiger partial charge in [-0.3, -0.25) is 9.35 Å². The van der Waals surface area contributed by atoms with Crippen LogP contribution in [0.15, 0.2) is 60.8 Å². The number of esters is 1. The van der Waals surface area contributed by atoms with Gasteiger partial charge in [-0.05, 0) is 57.8 Å². The van der Waals surface area contributed by atoms with Crippen molar-refractivity contribution in [2.75, 3.05) is 26.4 Å². The Morgan fingerprint density at radius 1 is 0.639 bits per heavy atom. The van der Waals surface area contributed by atoms with E-state index in [1.165, 1.54) is 70.6 Å². The number of ether oxygens (including phenoxy) is 4. The highest BCUT2D eigenvalue weighted by molar-refractivity contribution is 7.80. The molecule has 6 unspecified atom stereocenters. The molecule has 0 aromatic rings. The molecular formula is C48H84O12S. The summed E-state index contributed by atoms with van der Waals surface area (Å²) in [6, 6.07) is 0. The minimum atomic E-state index is -5.06. The van der Waals surface area contributed by atoms with E-state index < -0.39 is 59.8 Å². The van der Waals surface area contributed by atoms with Gasteiger partial charge in [0.15, 0.2) is 6.29 Å². The molecule has 0 radical (unpaired) electrons. The van der Waals surface area contributed by atoms with Gasteiger partial charge in [-0.15, -0.1) is 0 Å². The molecule has 0 aromatic carbocycles. The number of aliphatic hydroxyl groups excluding tert-OH is 3. The monoisotopic (exact) mass is 885 g/mol. The maximum absolute atomic E-state index is 12.7. The molecule has 13 heteroatoms. The van der Waals surface area contributed by atoms with Crippen molar-refractivity contribution in [3.63, 3.8) is 0 Å². The molecule has 6 atom stereocenters. The van der Waals surface area contributed by atoms with Crippen LogP contribution >= 0.6 is 0 Å². The molecule has 1 saturated heterocycles. The second-order valence-corrected chi connectivity index (χ2v) is 17.0. The number of unbranched alkanes of at least 4 members (excludes halogenated alkanes) is 17. The molecular weight excluding hydrogens is 801 g/mol. The summed E-state index contributed by atoms with van der Waals surface area (Å²) in [6.45, 7) is 3.82. The molecule has 0 aromatic heterocycles. The highest BCUT2D eigenvalue weighted by Crippen LogP contribution is 2.26. The maximum Gasteiger partial charge on any atom is 0.397 e. The Hall–Kier alpha value is -2.20.